The van der Waals surface area contributed by atoms with Crippen molar-refractivity contribution in [1.29, 1.82) is 0 Å². The summed E-state index contributed by atoms with van der Waals surface area (Å²) in [4.78, 5) is 11.2. The van der Waals surface area contributed by atoms with Crippen molar-refractivity contribution < 1.29 is 4.74 Å². The summed E-state index contributed by atoms with van der Waals surface area (Å²) in [6, 6.07) is 0.524. The van der Waals surface area contributed by atoms with Crippen molar-refractivity contribution in [3.63, 3.8) is 0 Å². The molecule has 106 valence electrons. The van der Waals surface area contributed by atoms with E-state index in [4.69, 9.17) is 4.74 Å². The van der Waals surface area contributed by atoms with E-state index >= 15 is 0 Å². The van der Waals surface area contributed by atoms with Crippen molar-refractivity contribution >= 4 is 5.82 Å². The van der Waals surface area contributed by atoms with Crippen LogP contribution in [0, 0.1) is 0 Å². The van der Waals surface area contributed by atoms with E-state index in [0.717, 1.165) is 38.3 Å². The van der Waals surface area contributed by atoms with Crippen LogP contribution in [0.15, 0.2) is 12.4 Å². The van der Waals surface area contributed by atoms with E-state index in [9.17, 15) is 0 Å². The van der Waals surface area contributed by atoms with E-state index in [1.165, 1.54) is 6.42 Å². The molecule has 0 spiro atoms. The highest BCUT2D eigenvalue weighted by Crippen LogP contribution is 2.20. The Hall–Kier alpha value is -1.36. The smallest absolute Gasteiger partial charge is 0.234 e. The lowest BCUT2D eigenvalue weighted by molar-refractivity contribution is 0.304. The Morgan fingerprint density at radius 2 is 2.26 bits per heavy atom. The summed E-state index contributed by atoms with van der Waals surface area (Å²) in [7, 11) is 0. The second-order valence-corrected chi connectivity index (χ2v) is 4.90. The summed E-state index contributed by atoms with van der Waals surface area (Å²) in [5.74, 6) is 1.57. The Morgan fingerprint density at radius 1 is 1.37 bits per heavy atom. The highest BCUT2D eigenvalue weighted by atomic mass is 16.5. The molecule has 19 heavy (non-hydrogen) atoms. The van der Waals surface area contributed by atoms with Crippen molar-refractivity contribution in [1.82, 2.24) is 15.3 Å². The van der Waals surface area contributed by atoms with Crippen LogP contribution < -0.4 is 15.0 Å². The van der Waals surface area contributed by atoms with Crippen molar-refractivity contribution in [2.45, 2.75) is 39.2 Å². The van der Waals surface area contributed by atoms with Gasteiger partial charge in [0, 0.05) is 19.1 Å². The number of hydrogen-bond donors (Lipinski definition) is 1. The molecule has 2 rings (SSSR count). The molecule has 1 atom stereocenters. The molecule has 0 saturated carbocycles. The lowest BCUT2D eigenvalue weighted by Gasteiger charge is -2.29. The maximum Gasteiger partial charge on any atom is 0.234 e. The van der Waals surface area contributed by atoms with E-state index in [1.807, 2.05) is 6.20 Å². The maximum absolute atomic E-state index is 5.57. The molecule has 1 fully saturated rings. The van der Waals surface area contributed by atoms with E-state index in [1.54, 1.807) is 6.20 Å². The van der Waals surface area contributed by atoms with Crippen LogP contribution >= 0.6 is 0 Å². The molecule has 0 amide bonds. The normalized spacial score (nSPS) is 18.5. The maximum atomic E-state index is 5.57. The minimum absolute atomic E-state index is 0.524. The lowest BCUT2D eigenvalue weighted by Crippen LogP contribution is -2.38. The molecule has 1 aromatic heterocycles. The van der Waals surface area contributed by atoms with E-state index in [0.29, 0.717) is 18.5 Å². The van der Waals surface area contributed by atoms with Gasteiger partial charge < -0.3 is 15.0 Å². The van der Waals surface area contributed by atoms with Crippen LogP contribution in [-0.2, 0) is 0 Å². The zero-order valence-electron chi connectivity index (χ0n) is 11.9. The third kappa shape index (κ3) is 3.80. The van der Waals surface area contributed by atoms with Gasteiger partial charge in [0.05, 0.1) is 19.0 Å². The van der Waals surface area contributed by atoms with E-state index in [-0.39, 0.29) is 0 Å². The summed E-state index contributed by atoms with van der Waals surface area (Å²) in [5.41, 5.74) is 0. The molecule has 1 aliphatic heterocycles. The van der Waals surface area contributed by atoms with Gasteiger partial charge in [0.1, 0.15) is 0 Å². The van der Waals surface area contributed by atoms with Crippen LogP contribution in [0.25, 0.3) is 0 Å². The van der Waals surface area contributed by atoms with Gasteiger partial charge in [0.15, 0.2) is 5.82 Å². The first-order valence-electron chi connectivity index (χ1n) is 7.27. The topological polar surface area (TPSA) is 50.3 Å². The number of nitrogens with one attached hydrogen (secondary N) is 1. The van der Waals surface area contributed by atoms with Crippen LogP contribution in [0.1, 0.15) is 33.1 Å². The average molecular weight is 264 g/mol. The zero-order chi connectivity index (χ0) is 13.5. The SMILES string of the molecule is CCCOc1cncc(N(CCC)C2CCNC2)n1. The first kappa shape index (κ1) is 14.1. The molecule has 1 aliphatic rings. The van der Waals surface area contributed by atoms with Gasteiger partial charge in [-0.25, -0.2) is 0 Å². The molecule has 5 nitrogen and oxygen atoms in total. The highest BCUT2D eigenvalue weighted by molar-refractivity contribution is 5.39. The molecule has 0 aliphatic carbocycles. The van der Waals surface area contributed by atoms with Crippen LogP contribution in [-0.4, -0.2) is 42.3 Å². The van der Waals surface area contributed by atoms with Crippen LogP contribution in [0.2, 0.25) is 0 Å². The number of anilines is 1. The summed E-state index contributed by atoms with van der Waals surface area (Å²) in [5, 5.41) is 3.41. The number of ether oxygens (including phenoxy) is 1. The first-order chi connectivity index (χ1) is 9.35. The van der Waals surface area contributed by atoms with Gasteiger partial charge in [-0.2, -0.15) is 4.98 Å². The van der Waals surface area contributed by atoms with Gasteiger partial charge in [0.25, 0.3) is 0 Å². The Morgan fingerprint density at radius 3 is 2.95 bits per heavy atom. The number of rotatable bonds is 7. The van der Waals surface area contributed by atoms with Gasteiger partial charge >= 0.3 is 0 Å². The summed E-state index contributed by atoms with van der Waals surface area (Å²) in [6.07, 6.45) is 6.79. The largest absolute Gasteiger partial charge is 0.477 e. The second kappa shape index (κ2) is 7.28. The predicted molar refractivity (Wildman–Crippen MR) is 76.7 cm³/mol. The fourth-order valence-corrected chi connectivity index (χ4v) is 2.38. The van der Waals surface area contributed by atoms with Gasteiger partial charge in [-0.1, -0.05) is 13.8 Å². The molecule has 2 heterocycles. The summed E-state index contributed by atoms with van der Waals surface area (Å²) >= 11 is 0. The highest BCUT2D eigenvalue weighted by Gasteiger charge is 2.23. The fraction of sp³-hybridized carbons (Fsp3) is 0.714. The molecule has 1 aromatic rings. The molecule has 0 aromatic carbocycles. The van der Waals surface area contributed by atoms with Crippen LogP contribution in [0.3, 0.4) is 0 Å². The first-order valence-corrected chi connectivity index (χ1v) is 7.27. The van der Waals surface area contributed by atoms with Gasteiger partial charge in [-0.15, -0.1) is 0 Å². The number of aromatic nitrogens is 2. The van der Waals surface area contributed by atoms with Crippen LogP contribution in [0.5, 0.6) is 5.88 Å². The third-order valence-corrected chi connectivity index (χ3v) is 3.29. The Kier molecular flexibility index (Phi) is 5.39. The van der Waals surface area contributed by atoms with Gasteiger partial charge in [0.2, 0.25) is 5.88 Å². The van der Waals surface area contributed by atoms with E-state index < -0.39 is 0 Å². The summed E-state index contributed by atoms with van der Waals surface area (Å²) < 4.78 is 5.57. The predicted octanol–water partition coefficient (Wildman–Crippen LogP) is 1.84. The average Bonchev–Trinajstić information content (AvgIpc) is 2.96. The van der Waals surface area contributed by atoms with Gasteiger partial charge in [-0.3, -0.25) is 4.98 Å². The number of nitrogens with zero attached hydrogens (tertiary/aromatic N) is 3. The molecule has 1 saturated heterocycles. The molecule has 1 N–H and O–H groups in total. The van der Waals surface area contributed by atoms with Gasteiger partial charge in [-0.05, 0) is 25.8 Å². The van der Waals surface area contributed by atoms with Crippen molar-refractivity contribution in [3.8, 4) is 5.88 Å². The Labute approximate surface area is 115 Å². The van der Waals surface area contributed by atoms with E-state index in [2.05, 4.69) is 34.0 Å². The summed E-state index contributed by atoms with van der Waals surface area (Å²) in [6.45, 7) is 8.10. The minimum Gasteiger partial charge on any atom is -0.477 e. The minimum atomic E-state index is 0.524. The van der Waals surface area contributed by atoms with Crippen molar-refractivity contribution in [3.05, 3.63) is 12.4 Å². The molecule has 5 heteroatoms. The van der Waals surface area contributed by atoms with Crippen LogP contribution in [0.4, 0.5) is 5.82 Å². The standard InChI is InChI=1S/C14H24N4O/c1-3-7-18(12-5-6-15-9-12)13-10-16-11-14(17-13)19-8-4-2/h10-12,15H,3-9H2,1-2H3. The Bertz CT molecular complexity index is 379. The van der Waals surface area contributed by atoms with Crippen molar-refractivity contribution in [2.24, 2.45) is 0 Å². The monoisotopic (exact) mass is 264 g/mol. The molecule has 1 unspecified atom stereocenters. The zero-order valence-corrected chi connectivity index (χ0v) is 11.9. The fourth-order valence-electron chi connectivity index (χ4n) is 2.38. The number of hydrogen-bond acceptors (Lipinski definition) is 5. The lowest BCUT2D eigenvalue weighted by atomic mass is 10.2. The Balaban J connectivity index is 2.11. The van der Waals surface area contributed by atoms with Crippen molar-refractivity contribution in [2.75, 3.05) is 31.1 Å². The molecule has 0 bridgehead atoms. The third-order valence-electron chi connectivity index (χ3n) is 3.29. The quantitative estimate of drug-likeness (QED) is 0.814. The molecule has 0 radical (unpaired) electrons. The second-order valence-electron chi connectivity index (χ2n) is 4.90. The molecular weight excluding hydrogens is 240 g/mol. The molecular formula is C14H24N4O.